The Morgan fingerprint density at radius 3 is 1.86 bits per heavy atom. The Balaban J connectivity index is 1.58. The van der Waals surface area contributed by atoms with E-state index < -0.39 is 6.04 Å². The fourth-order valence-corrected chi connectivity index (χ4v) is 4.36. The zero-order valence-electron chi connectivity index (χ0n) is 20.3. The Bertz CT molecular complexity index is 1230. The lowest BCUT2D eigenvalue weighted by atomic mass is 10.1. The lowest BCUT2D eigenvalue weighted by molar-refractivity contribution is -0.124. The zero-order valence-corrected chi connectivity index (χ0v) is 21.1. The molecular weight excluding hydrogens is 478 g/mol. The highest BCUT2D eigenvalue weighted by molar-refractivity contribution is 7.80. The number of benzene rings is 3. The van der Waals surface area contributed by atoms with Crippen LogP contribution in [-0.4, -0.2) is 49.2 Å². The third-order valence-electron chi connectivity index (χ3n) is 5.91. The van der Waals surface area contributed by atoms with Crippen molar-refractivity contribution < 1.29 is 23.8 Å². The quantitative estimate of drug-likeness (QED) is 0.436. The lowest BCUT2D eigenvalue weighted by Gasteiger charge is -2.24. The van der Waals surface area contributed by atoms with Crippen molar-refractivity contribution in [1.29, 1.82) is 0 Å². The van der Waals surface area contributed by atoms with Gasteiger partial charge in [-0.1, -0.05) is 12.1 Å². The number of ether oxygens (including phenoxy) is 3. The number of hydrogen-bond donors (Lipinski definition) is 1. The van der Waals surface area contributed by atoms with Crippen LogP contribution in [-0.2, 0) is 16.1 Å². The van der Waals surface area contributed by atoms with Gasteiger partial charge in [0.2, 0.25) is 5.91 Å². The van der Waals surface area contributed by atoms with E-state index in [0.717, 1.165) is 11.3 Å². The van der Waals surface area contributed by atoms with Crippen LogP contribution in [0.3, 0.4) is 0 Å². The Morgan fingerprint density at radius 1 is 0.833 bits per heavy atom. The summed E-state index contributed by atoms with van der Waals surface area (Å²) >= 11 is 5.75. The van der Waals surface area contributed by atoms with Crippen LogP contribution in [0, 0.1) is 0 Å². The molecule has 3 aromatic rings. The van der Waals surface area contributed by atoms with E-state index in [1.165, 1.54) is 4.90 Å². The zero-order chi connectivity index (χ0) is 25.7. The van der Waals surface area contributed by atoms with Crippen molar-refractivity contribution >= 4 is 40.5 Å². The van der Waals surface area contributed by atoms with E-state index in [1.54, 1.807) is 74.8 Å². The van der Waals surface area contributed by atoms with Gasteiger partial charge >= 0.3 is 0 Å². The number of methoxy groups -OCH3 is 3. The molecule has 0 saturated carbocycles. The molecule has 1 heterocycles. The average Bonchev–Trinajstić information content (AvgIpc) is 3.13. The first-order valence-electron chi connectivity index (χ1n) is 11.3. The Hall–Kier alpha value is -4.11. The summed E-state index contributed by atoms with van der Waals surface area (Å²) in [5.41, 5.74) is 2.16. The summed E-state index contributed by atoms with van der Waals surface area (Å²) in [6, 6.07) is 20.8. The van der Waals surface area contributed by atoms with Crippen LogP contribution in [0.15, 0.2) is 72.8 Å². The Labute approximate surface area is 215 Å². The van der Waals surface area contributed by atoms with Crippen molar-refractivity contribution in [1.82, 2.24) is 4.90 Å². The van der Waals surface area contributed by atoms with Crippen molar-refractivity contribution in [2.45, 2.75) is 19.0 Å². The number of thiocarbonyl (C=S) groups is 1. The number of rotatable bonds is 9. The number of hydrogen-bond acceptors (Lipinski definition) is 6. The molecule has 0 radical (unpaired) electrons. The number of carbonyl (C=O) groups is 2. The van der Waals surface area contributed by atoms with Crippen LogP contribution in [0.4, 0.5) is 11.4 Å². The van der Waals surface area contributed by atoms with Crippen molar-refractivity contribution in [3.05, 3.63) is 78.4 Å². The molecule has 0 aliphatic carbocycles. The average molecular weight is 506 g/mol. The molecule has 0 aromatic heterocycles. The second-order valence-electron chi connectivity index (χ2n) is 8.13. The van der Waals surface area contributed by atoms with E-state index in [2.05, 4.69) is 5.32 Å². The van der Waals surface area contributed by atoms with Crippen molar-refractivity contribution in [2.24, 2.45) is 0 Å². The normalized spacial score (nSPS) is 15.1. The number of nitrogens with one attached hydrogen (secondary N) is 1. The Morgan fingerprint density at radius 2 is 1.33 bits per heavy atom. The van der Waals surface area contributed by atoms with E-state index in [1.807, 2.05) is 24.3 Å². The third-order valence-corrected chi connectivity index (χ3v) is 6.33. The summed E-state index contributed by atoms with van der Waals surface area (Å²) in [6.07, 6.45) is -0.0617. The molecule has 1 saturated heterocycles. The third kappa shape index (κ3) is 5.41. The van der Waals surface area contributed by atoms with Gasteiger partial charge in [0.25, 0.3) is 5.91 Å². The van der Waals surface area contributed by atoms with E-state index in [-0.39, 0.29) is 18.2 Å². The summed E-state index contributed by atoms with van der Waals surface area (Å²) in [5, 5.41) is 3.19. The van der Waals surface area contributed by atoms with Crippen LogP contribution in [0.1, 0.15) is 12.0 Å². The number of carbonyl (C=O) groups excluding carboxylic acids is 2. The molecule has 1 N–H and O–H groups in total. The SMILES string of the molecule is COc1ccc(CN2C(=S)N(c3ccc(OC)cc3)C(=O)C2CC(=O)Nc2ccc(OC)cc2)cc1. The molecule has 36 heavy (non-hydrogen) atoms. The Kier molecular flexibility index (Phi) is 7.70. The molecule has 0 spiro atoms. The minimum atomic E-state index is -0.764. The lowest BCUT2D eigenvalue weighted by Crippen LogP contribution is -2.37. The van der Waals surface area contributed by atoms with Crippen molar-refractivity contribution in [2.75, 3.05) is 31.5 Å². The summed E-state index contributed by atoms with van der Waals surface area (Å²) in [5.74, 6) is 1.53. The molecule has 3 aromatic carbocycles. The number of anilines is 2. The molecule has 4 rings (SSSR count). The van der Waals surface area contributed by atoms with Gasteiger partial charge in [-0.05, 0) is 78.4 Å². The summed E-state index contributed by atoms with van der Waals surface area (Å²) in [4.78, 5) is 29.8. The summed E-state index contributed by atoms with van der Waals surface area (Å²) in [7, 11) is 4.76. The standard InChI is InChI=1S/C27H27N3O5S/c1-33-21-10-4-18(5-11-21)17-29-24(16-25(31)28-19-6-12-22(34-2)13-7-19)26(32)30(27(29)36)20-8-14-23(35-3)15-9-20/h4-15,24H,16-17H2,1-3H3,(H,28,31). The van der Waals surface area contributed by atoms with Gasteiger partial charge < -0.3 is 24.4 Å². The molecule has 9 heteroatoms. The molecule has 186 valence electrons. The molecule has 0 bridgehead atoms. The van der Waals surface area contributed by atoms with Gasteiger partial charge in [-0.2, -0.15) is 0 Å². The smallest absolute Gasteiger partial charge is 0.256 e. The van der Waals surface area contributed by atoms with E-state index in [0.29, 0.717) is 34.5 Å². The highest BCUT2D eigenvalue weighted by Gasteiger charge is 2.44. The summed E-state index contributed by atoms with van der Waals surface area (Å²) in [6.45, 7) is 0.363. The molecule has 8 nitrogen and oxygen atoms in total. The highest BCUT2D eigenvalue weighted by Crippen LogP contribution is 2.30. The summed E-state index contributed by atoms with van der Waals surface area (Å²) < 4.78 is 15.6. The van der Waals surface area contributed by atoms with Gasteiger partial charge in [-0.25, -0.2) is 0 Å². The van der Waals surface area contributed by atoms with Crippen LogP contribution in [0.2, 0.25) is 0 Å². The minimum Gasteiger partial charge on any atom is -0.497 e. The first kappa shape index (κ1) is 25.0. The maximum Gasteiger partial charge on any atom is 0.256 e. The second-order valence-corrected chi connectivity index (χ2v) is 8.49. The first-order valence-corrected chi connectivity index (χ1v) is 11.7. The largest absolute Gasteiger partial charge is 0.497 e. The van der Waals surface area contributed by atoms with E-state index >= 15 is 0 Å². The molecule has 2 amide bonds. The van der Waals surface area contributed by atoms with Crippen molar-refractivity contribution in [3.63, 3.8) is 0 Å². The van der Waals surface area contributed by atoms with Gasteiger partial charge in [-0.15, -0.1) is 0 Å². The number of amides is 2. The predicted octanol–water partition coefficient (Wildman–Crippen LogP) is 4.24. The van der Waals surface area contributed by atoms with Gasteiger partial charge in [0.1, 0.15) is 23.3 Å². The second kappa shape index (κ2) is 11.1. The molecule has 1 unspecified atom stereocenters. The van der Waals surface area contributed by atoms with E-state index in [9.17, 15) is 9.59 Å². The molecule has 1 aliphatic rings. The number of nitrogens with zero attached hydrogens (tertiary/aromatic N) is 2. The fourth-order valence-electron chi connectivity index (χ4n) is 3.97. The molecule has 1 fully saturated rings. The van der Waals surface area contributed by atoms with Gasteiger partial charge in [0, 0.05) is 12.2 Å². The first-order chi connectivity index (χ1) is 17.4. The van der Waals surface area contributed by atoms with Gasteiger partial charge in [0.05, 0.1) is 33.4 Å². The fraction of sp³-hybridized carbons (Fsp3) is 0.222. The molecule has 1 atom stereocenters. The maximum atomic E-state index is 13.6. The van der Waals surface area contributed by atoms with Crippen molar-refractivity contribution in [3.8, 4) is 17.2 Å². The minimum absolute atomic E-state index is 0.0617. The van der Waals surface area contributed by atoms with E-state index in [4.69, 9.17) is 26.4 Å². The van der Waals surface area contributed by atoms with Crippen LogP contribution >= 0.6 is 12.2 Å². The maximum absolute atomic E-state index is 13.6. The van der Waals surface area contributed by atoms with Gasteiger partial charge in [0.15, 0.2) is 5.11 Å². The van der Waals surface area contributed by atoms with Gasteiger partial charge in [-0.3, -0.25) is 14.5 Å². The topological polar surface area (TPSA) is 80.3 Å². The molecule has 1 aliphatic heterocycles. The molecular formula is C27H27N3O5S. The van der Waals surface area contributed by atoms with Crippen LogP contribution in [0.5, 0.6) is 17.2 Å². The predicted molar refractivity (Wildman–Crippen MR) is 142 cm³/mol. The monoisotopic (exact) mass is 505 g/mol. The highest BCUT2D eigenvalue weighted by atomic mass is 32.1. The van der Waals surface area contributed by atoms with Crippen LogP contribution < -0.4 is 24.4 Å². The van der Waals surface area contributed by atoms with Crippen LogP contribution in [0.25, 0.3) is 0 Å².